The molecule has 2 aliphatic rings. The van der Waals surface area contributed by atoms with Crippen LogP contribution in [0.3, 0.4) is 0 Å². The first-order chi connectivity index (χ1) is 15.1. The van der Waals surface area contributed by atoms with Gasteiger partial charge in [-0.25, -0.2) is 4.79 Å². The zero-order chi connectivity index (χ0) is 22.3. The Labute approximate surface area is 187 Å². The third-order valence-electron chi connectivity index (χ3n) is 5.69. The molecular weight excluding hydrogens is 392 g/mol. The van der Waals surface area contributed by atoms with Gasteiger partial charge in [0.1, 0.15) is 6.10 Å². The molecular formula is C26H40O5. The van der Waals surface area contributed by atoms with Gasteiger partial charge in [0.25, 0.3) is 0 Å². The summed E-state index contributed by atoms with van der Waals surface area (Å²) in [5.74, 6) is -0.807. The van der Waals surface area contributed by atoms with Gasteiger partial charge < -0.3 is 14.2 Å². The molecule has 5 nitrogen and oxygen atoms in total. The van der Waals surface area contributed by atoms with E-state index in [1.54, 1.807) is 6.92 Å². The van der Waals surface area contributed by atoms with E-state index in [0.717, 1.165) is 38.5 Å². The van der Waals surface area contributed by atoms with Crippen LogP contribution in [-0.2, 0) is 23.8 Å². The van der Waals surface area contributed by atoms with Crippen molar-refractivity contribution in [3.05, 3.63) is 36.5 Å². The van der Waals surface area contributed by atoms with Crippen molar-refractivity contribution < 1.29 is 23.8 Å². The Kier molecular flexibility index (Phi) is 12.3. The molecule has 0 bridgehead atoms. The second-order valence-corrected chi connectivity index (χ2v) is 8.40. The van der Waals surface area contributed by atoms with Crippen LogP contribution in [0.2, 0.25) is 0 Å². The fourth-order valence-electron chi connectivity index (χ4n) is 3.69. The van der Waals surface area contributed by atoms with Crippen LogP contribution >= 0.6 is 0 Å². The van der Waals surface area contributed by atoms with Crippen molar-refractivity contribution in [1.29, 1.82) is 0 Å². The molecule has 174 valence electrons. The zero-order valence-corrected chi connectivity index (χ0v) is 19.3. The average Bonchev–Trinajstić information content (AvgIpc) is 3.52. The van der Waals surface area contributed by atoms with Crippen LogP contribution in [-0.4, -0.2) is 36.4 Å². The summed E-state index contributed by atoms with van der Waals surface area (Å²) >= 11 is 0. The van der Waals surface area contributed by atoms with E-state index in [1.165, 1.54) is 19.3 Å². The predicted molar refractivity (Wildman–Crippen MR) is 123 cm³/mol. The Morgan fingerprint density at radius 3 is 2.77 bits per heavy atom. The van der Waals surface area contributed by atoms with Crippen molar-refractivity contribution in [3.63, 3.8) is 0 Å². The molecule has 4 atom stereocenters. The highest BCUT2D eigenvalue weighted by molar-refractivity contribution is 5.79. The summed E-state index contributed by atoms with van der Waals surface area (Å²) in [5.41, 5.74) is 0. The van der Waals surface area contributed by atoms with Crippen molar-refractivity contribution in [2.75, 3.05) is 0 Å². The molecule has 1 fully saturated rings. The number of unbranched alkanes of at least 4 members (excludes halogenated alkanes) is 1. The molecule has 5 heteroatoms. The maximum atomic E-state index is 12.6. The average molecular weight is 433 g/mol. The third-order valence-corrected chi connectivity index (χ3v) is 5.69. The molecule has 0 aromatic carbocycles. The smallest absolute Gasteiger partial charge is 0.348 e. The summed E-state index contributed by atoms with van der Waals surface area (Å²) in [6.07, 6.45) is 23.0. The van der Waals surface area contributed by atoms with Gasteiger partial charge in [0, 0.05) is 12.8 Å². The fourth-order valence-corrected chi connectivity index (χ4v) is 3.69. The summed E-state index contributed by atoms with van der Waals surface area (Å²) in [4.78, 5) is 24.3. The minimum atomic E-state index is -0.804. The molecule has 31 heavy (non-hydrogen) atoms. The summed E-state index contributed by atoms with van der Waals surface area (Å²) in [6.45, 7) is 3.94. The Hall–Kier alpha value is -1.88. The Morgan fingerprint density at radius 2 is 1.97 bits per heavy atom. The maximum Gasteiger partial charge on any atom is 0.348 e. The van der Waals surface area contributed by atoms with Gasteiger partial charge in [-0.15, -0.1) is 0 Å². The molecule has 0 radical (unpaired) electrons. The van der Waals surface area contributed by atoms with E-state index in [4.69, 9.17) is 14.2 Å². The van der Waals surface area contributed by atoms with Gasteiger partial charge in [-0.1, -0.05) is 63.5 Å². The lowest BCUT2D eigenvalue weighted by Gasteiger charge is -2.20. The highest BCUT2D eigenvalue weighted by atomic mass is 16.6. The highest BCUT2D eigenvalue weighted by Gasteiger charge is 2.36. The molecule has 0 amide bonds. The normalized spacial score (nSPS) is 28.6. The minimum Gasteiger partial charge on any atom is -0.455 e. The number of cyclic esters (lactones) is 1. The molecule has 1 saturated heterocycles. The lowest BCUT2D eigenvalue weighted by Crippen LogP contribution is -2.31. The molecule has 2 rings (SSSR count). The van der Waals surface area contributed by atoms with Crippen molar-refractivity contribution in [3.8, 4) is 0 Å². The second-order valence-electron chi connectivity index (χ2n) is 8.40. The van der Waals surface area contributed by atoms with E-state index in [-0.39, 0.29) is 18.5 Å². The predicted octanol–water partition coefficient (Wildman–Crippen LogP) is 5.98. The molecule has 0 saturated carbocycles. The van der Waals surface area contributed by atoms with Crippen LogP contribution in [0.1, 0.15) is 90.9 Å². The Morgan fingerprint density at radius 1 is 1.13 bits per heavy atom. The van der Waals surface area contributed by atoms with Crippen LogP contribution in [0.4, 0.5) is 0 Å². The first kappa shape index (κ1) is 25.4. The van der Waals surface area contributed by atoms with Crippen molar-refractivity contribution >= 4 is 11.9 Å². The number of ether oxygens (including phenoxy) is 3. The van der Waals surface area contributed by atoms with E-state index < -0.39 is 12.1 Å². The van der Waals surface area contributed by atoms with E-state index in [1.807, 2.05) is 18.2 Å². The number of hydrogen-bond donors (Lipinski definition) is 0. The summed E-state index contributed by atoms with van der Waals surface area (Å²) in [7, 11) is 0. The molecule has 0 aliphatic carbocycles. The van der Waals surface area contributed by atoms with E-state index in [9.17, 15) is 9.59 Å². The molecule has 0 spiro atoms. The van der Waals surface area contributed by atoms with E-state index in [2.05, 4.69) is 25.2 Å². The summed E-state index contributed by atoms with van der Waals surface area (Å²) in [5, 5.41) is 0. The lowest BCUT2D eigenvalue weighted by atomic mass is 10.1. The van der Waals surface area contributed by atoms with E-state index in [0.29, 0.717) is 25.0 Å². The molecule has 0 N–H and O–H groups in total. The van der Waals surface area contributed by atoms with Crippen LogP contribution < -0.4 is 0 Å². The van der Waals surface area contributed by atoms with Crippen LogP contribution in [0, 0.1) is 0 Å². The van der Waals surface area contributed by atoms with Gasteiger partial charge in [-0.05, 0) is 51.0 Å². The molecule has 2 heterocycles. The summed E-state index contributed by atoms with van der Waals surface area (Å²) in [6, 6.07) is 0. The van der Waals surface area contributed by atoms with Gasteiger partial charge in [-0.3, -0.25) is 4.79 Å². The number of epoxide rings is 1. The molecule has 2 aliphatic heterocycles. The quantitative estimate of drug-likeness (QED) is 0.184. The van der Waals surface area contributed by atoms with Gasteiger partial charge in [0.15, 0.2) is 6.10 Å². The van der Waals surface area contributed by atoms with Gasteiger partial charge in [0.2, 0.25) is 0 Å². The molecule has 0 aromatic heterocycles. The Balaban J connectivity index is 1.82. The maximum absolute atomic E-state index is 12.6. The van der Waals surface area contributed by atoms with Crippen molar-refractivity contribution in [1.82, 2.24) is 0 Å². The minimum absolute atomic E-state index is 0.256. The fraction of sp³-hybridized carbons (Fsp3) is 0.692. The standard InChI is InChI=1S/C26H40O5/c1-3-5-18-22-23(30-22)19-14-11-10-13-17-21-16-12-8-6-7-9-15-20-24(26(28)29-21)31-25(27)4-2/h8,10-13,17,21-24H,3-7,9,14-16,18-20H2,1-2H3/b11-10?,12-8-,17-13?. The van der Waals surface area contributed by atoms with Crippen molar-refractivity contribution in [2.45, 2.75) is 115 Å². The van der Waals surface area contributed by atoms with Crippen LogP contribution in [0.25, 0.3) is 0 Å². The first-order valence-electron chi connectivity index (χ1n) is 12.2. The summed E-state index contributed by atoms with van der Waals surface area (Å²) < 4.78 is 16.7. The molecule has 4 unspecified atom stereocenters. The van der Waals surface area contributed by atoms with Crippen LogP contribution in [0.15, 0.2) is 36.5 Å². The third kappa shape index (κ3) is 10.8. The topological polar surface area (TPSA) is 65.1 Å². The van der Waals surface area contributed by atoms with Gasteiger partial charge in [-0.2, -0.15) is 0 Å². The first-order valence-corrected chi connectivity index (χ1v) is 12.2. The number of rotatable bonds is 10. The molecule has 0 aromatic rings. The number of carbonyl (C=O) groups excluding carboxylic acids is 2. The Bertz CT molecular complexity index is 621. The van der Waals surface area contributed by atoms with Gasteiger partial charge >= 0.3 is 11.9 Å². The number of allylic oxidation sites excluding steroid dienone is 4. The number of esters is 2. The van der Waals surface area contributed by atoms with Crippen molar-refractivity contribution in [2.24, 2.45) is 0 Å². The SMILES string of the molecule is CCCCC1OC1CCC=CC=CC1C/C=C\CCCCCC(OC(=O)CC)C(=O)O1. The largest absolute Gasteiger partial charge is 0.455 e. The number of carbonyl (C=O) groups is 2. The van der Waals surface area contributed by atoms with E-state index >= 15 is 0 Å². The highest BCUT2D eigenvalue weighted by Crippen LogP contribution is 2.30. The number of hydrogen-bond acceptors (Lipinski definition) is 5. The van der Waals surface area contributed by atoms with Gasteiger partial charge in [0.05, 0.1) is 12.2 Å². The van der Waals surface area contributed by atoms with Crippen LogP contribution in [0.5, 0.6) is 0 Å². The zero-order valence-electron chi connectivity index (χ0n) is 19.3. The monoisotopic (exact) mass is 432 g/mol. The lowest BCUT2D eigenvalue weighted by molar-refractivity contribution is -0.170. The second kappa shape index (κ2) is 15.0.